The fourth-order valence-corrected chi connectivity index (χ4v) is 9.51. The summed E-state index contributed by atoms with van der Waals surface area (Å²) < 4.78 is 54.7. The molecule has 4 aliphatic heterocycles. The van der Waals surface area contributed by atoms with Gasteiger partial charge in [-0.25, -0.2) is 0 Å². The number of likely N-dealkylation sites (N-methyl/N-ethyl adjacent to an activating group) is 1. The number of carbonyl (C=O) groups excluding carboxylic acids is 4. The molecular formula is C47H77NO20-2. The van der Waals surface area contributed by atoms with Crippen molar-refractivity contribution in [3.05, 3.63) is 23.8 Å². The van der Waals surface area contributed by atoms with E-state index in [0.717, 1.165) is 6.29 Å². The Morgan fingerprint density at radius 1 is 0.882 bits per heavy atom. The molecule has 68 heavy (non-hydrogen) atoms. The van der Waals surface area contributed by atoms with Gasteiger partial charge in [-0.3, -0.25) is 9.59 Å². The van der Waals surface area contributed by atoms with E-state index in [2.05, 4.69) is 0 Å². The van der Waals surface area contributed by atoms with Crippen LogP contribution in [0.15, 0.2) is 23.8 Å². The number of ketones is 1. The van der Waals surface area contributed by atoms with E-state index < -0.39 is 146 Å². The van der Waals surface area contributed by atoms with Gasteiger partial charge in [-0.15, -0.1) is 0 Å². The maximum absolute atomic E-state index is 13.8. The van der Waals surface area contributed by atoms with Crippen LogP contribution in [0.3, 0.4) is 0 Å². The highest BCUT2D eigenvalue weighted by Crippen LogP contribution is 2.37. The molecule has 0 saturated carbocycles. The van der Waals surface area contributed by atoms with Crippen LogP contribution in [0.5, 0.6) is 0 Å². The first-order valence-electron chi connectivity index (χ1n) is 23.3. The number of hydrogen-bond acceptors (Lipinski definition) is 21. The first-order valence-corrected chi connectivity index (χ1v) is 23.3. The molecule has 21 atom stereocenters. The van der Waals surface area contributed by atoms with E-state index in [0.29, 0.717) is 12.0 Å². The van der Waals surface area contributed by atoms with E-state index >= 15 is 0 Å². The van der Waals surface area contributed by atoms with E-state index in [1.807, 2.05) is 19.9 Å². The van der Waals surface area contributed by atoms with Crippen molar-refractivity contribution >= 4 is 24.2 Å². The number of aliphatic hydroxyl groups excluding tert-OH is 4. The second kappa shape index (κ2) is 27.0. The van der Waals surface area contributed by atoms with Gasteiger partial charge in [0.15, 0.2) is 24.7 Å². The quantitative estimate of drug-likeness (QED) is 0.114. The highest BCUT2D eigenvalue weighted by Gasteiger charge is 2.52. The average molecular weight is 976 g/mol. The van der Waals surface area contributed by atoms with E-state index in [4.69, 9.17) is 57.6 Å². The number of aliphatic hydroxyl groups is 5. The Balaban J connectivity index is 0.00000294. The van der Waals surface area contributed by atoms with Crippen LogP contribution >= 0.6 is 0 Å². The minimum absolute atomic E-state index is 0.00788. The number of carbonyl (C=O) groups is 4. The summed E-state index contributed by atoms with van der Waals surface area (Å²) in [4.78, 5) is 49.9. The highest BCUT2D eigenvalue weighted by atomic mass is 16.7. The van der Waals surface area contributed by atoms with Crippen molar-refractivity contribution < 1.29 is 97.6 Å². The minimum Gasteiger partial charge on any atom is -0.652 e. The Morgan fingerprint density at radius 2 is 1.50 bits per heavy atom. The molecule has 3 fully saturated rings. The smallest absolute Gasteiger partial charge is 0.308 e. The number of aldehydes is 1. The van der Waals surface area contributed by atoms with Crippen LogP contribution < -0.4 is 10.2 Å². The summed E-state index contributed by atoms with van der Waals surface area (Å²) in [5.74, 6) is -3.59. The van der Waals surface area contributed by atoms with Crippen molar-refractivity contribution in [2.45, 2.75) is 191 Å². The maximum atomic E-state index is 13.8. The van der Waals surface area contributed by atoms with Crippen molar-refractivity contribution in [1.29, 1.82) is 0 Å². The van der Waals surface area contributed by atoms with Crippen molar-refractivity contribution in [3.63, 3.8) is 0 Å². The molecule has 5 N–H and O–H groups in total. The summed E-state index contributed by atoms with van der Waals surface area (Å²) in [6.07, 6.45) is -10.8. The van der Waals surface area contributed by atoms with E-state index in [-0.39, 0.29) is 31.7 Å². The first-order chi connectivity index (χ1) is 31.8. The predicted octanol–water partition coefficient (Wildman–Crippen LogP) is -0.613. The third kappa shape index (κ3) is 16.0. The van der Waals surface area contributed by atoms with Gasteiger partial charge in [0.1, 0.15) is 49.0 Å². The number of allylic oxidation sites excluding steroid dienone is 3. The molecule has 1 unspecified atom stereocenters. The Bertz CT molecular complexity index is 1660. The molecule has 0 aliphatic carbocycles. The molecule has 0 amide bonds. The fourth-order valence-electron chi connectivity index (χ4n) is 9.51. The van der Waals surface area contributed by atoms with Crippen LogP contribution in [0.4, 0.5) is 4.79 Å². The van der Waals surface area contributed by atoms with Crippen LogP contribution in [-0.2, 0) is 57.0 Å². The number of esters is 1. The first kappa shape index (κ1) is 59.3. The summed E-state index contributed by atoms with van der Waals surface area (Å²) in [5, 5.41) is 72.4. The molecule has 21 heteroatoms. The molecule has 0 aromatic carbocycles. The summed E-state index contributed by atoms with van der Waals surface area (Å²) >= 11 is 0. The number of hydrogen-bond donors (Lipinski definition) is 5. The number of cyclic esters (lactones) is 1. The maximum Gasteiger partial charge on any atom is 0.308 e. The van der Waals surface area contributed by atoms with Gasteiger partial charge in [0.25, 0.3) is 0 Å². The Kier molecular flexibility index (Phi) is 23.5. The molecular weight excluding hydrogens is 899 g/mol. The number of methoxy groups -OCH3 is 2. The standard InChI is InChI=1S/C46H77NO17.CH2O3/c1-13-33-30(22-58-45-42(57-12)41(56-11)37(52)26(5)60-45)18-23(2)14-15-31(49)24(3)19-29(16-17-48)39(25(4)32(50)20-34(51)62-33)64-44-38(53)36(47(9)10)40(27(6)61-44)63-35-21-46(8,55)43(54)28(7)59-35;2-1(3)4/h14-15,17-18,24-30,32-33,35-45,50,52-55H,13,16,19-22H2,1-12H3;(H2,2,3,4)/p-2/b15-14+,23-18+;/t24-,25+,26-,27-,28+,29+,30?,32-,33-,35+,36-,37-,38-,39-,40-,41-,42-,43+,44-,45-,46-;/m1./s1. The molecule has 0 radical (unpaired) electrons. The Labute approximate surface area is 399 Å². The van der Waals surface area contributed by atoms with Crippen molar-refractivity contribution in [2.75, 3.05) is 34.9 Å². The van der Waals surface area contributed by atoms with Crippen molar-refractivity contribution in [3.8, 4) is 0 Å². The highest BCUT2D eigenvalue weighted by molar-refractivity contribution is 5.91. The van der Waals surface area contributed by atoms with Crippen LogP contribution in [-0.4, -0.2) is 193 Å². The molecule has 4 rings (SSSR count). The molecule has 0 aromatic rings. The molecule has 0 spiro atoms. The SMILES string of the molecule is CC[C@H]1OC(=O)C[C@@H](O)[C@H](C)[C@@H](O[C@H]2O[C@H](C)[C@@H](O[C@H]3C[C@@](C)(O)[C@@H](O)[C@H](C)O3)[C@H](N(C)C)[C@H]2O)[C@@H](CC=O)C[C@@H](C)C(=O)/C=C/C(C)=C/C1CO[C@@H]1O[C@H](C)[C@@H](O)[C@@H](OC)[C@H]1OC.O=C([O-])[O-]. The van der Waals surface area contributed by atoms with Crippen molar-refractivity contribution in [2.24, 2.45) is 23.7 Å². The van der Waals surface area contributed by atoms with Gasteiger partial charge in [0.2, 0.25) is 0 Å². The molecule has 21 nitrogen and oxygen atoms in total. The average Bonchev–Trinajstić information content (AvgIpc) is 3.25. The van der Waals surface area contributed by atoms with Gasteiger partial charge in [0, 0.05) is 44.8 Å². The number of rotatable bonds is 13. The van der Waals surface area contributed by atoms with Gasteiger partial charge in [0.05, 0.1) is 55.2 Å². The summed E-state index contributed by atoms with van der Waals surface area (Å²) in [5.41, 5.74) is -0.806. The predicted molar refractivity (Wildman–Crippen MR) is 236 cm³/mol. The van der Waals surface area contributed by atoms with Gasteiger partial charge in [-0.2, -0.15) is 0 Å². The molecule has 3 saturated heterocycles. The third-order valence-electron chi connectivity index (χ3n) is 13.4. The molecule has 4 heterocycles. The second-order valence-corrected chi connectivity index (χ2v) is 19.0. The topological polar surface area (TPSA) is 302 Å². The van der Waals surface area contributed by atoms with Crippen molar-refractivity contribution in [1.82, 2.24) is 4.90 Å². The van der Waals surface area contributed by atoms with Crippen LogP contribution in [0.1, 0.15) is 87.5 Å². The largest absolute Gasteiger partial charge is 0.652 e. The number of carboxylic acid groups (broad SMARTS) is 2. The lowest BCUT2D eigenvalue weighted by Gasteiger charge is -2.50. The van der Waals surface area contributed by atoms with E-state index in [1.165, 1.54) is 27.2 Å². The van der Waals surface area contributed by atoms with Gasteiger partial charge < -0.3 is 92.9 Å². The Morgan fingerprint density at radius 3 is 2.06 bits per heavy atom. The lowest BCUT2D eigenvalue weighted by molar-refractivity contribution is -0.415. The minimum atomic E-state index is -2.33. The lowest BCUT2D eigenvalue weighted by atomic mass is 9.79. The molecule has 4 aliphatic rings. The zero-order valence-electron chi connectivity index (χ0n) is 41.4. The molecule has 392 valence electrons. The fraction of sp³-hybridized carbons (Fsp3) is 0.830. The number of ether oxygens (including phenoxy) is 9. The Hall–Kier alpha value is -3.00. The van der Waals surface area contributed by atoms with E-state index in [1.54, 1.807) is 59.7 Å². The molecule has 0 bridgehead atoms. The molecule has 0 aromatic heterocycles. The monoisotopic (exact) mass is 976 g/mol. The number of nitrogens with zero attached hydrogens (tertiary/aromatic N) is 1. The van der Waals surface area contributed by atoms with E-state index in [9.17, 15) is 39.9 Å². The summed E-state index contributed by atoms with van der Waals surface area (Å²) in [6.45, 7) is 13.6. The second-order valence-electron chi connectivity index (χ2n) is 19.0. The van der Waals surface area contributed by atoms with Crippen LogP contribution in [0.25, 0.3) is 0 Å². The third-order valence-corrected chi connectivity index (χ3v) is 13.4. The summed E-state index contributed by atoms with van der Waals surface area (Å²) in [6, 6.07) is -0.748. The normalized spacial score (nSPS) is 43.6. The van der Waals surface area contributed by atoms with Gasteiger partial charge in [-0.05, 0) is 79.7 Å². The zero-order chi connectivity index (χ0) is 51.4. The van der Waals surface area contributed by atoms with Crippen LogP contribution in [0.2, 0.25) is 0 Å². The van der Waals surface area contributed by atoms with Crippen LogP contribution in [0, 0.1) is 23.7 Å². The summed E-state index contributed by atoms with van der Waals surface area (Å²) in [7, 11) is 6.43. The zero-order valence-corrected chi connectivity index (χ0v) is 41.4. The lowest BCUT2D eigenvalue weighted by Crippen LogP contribution is -2.65. The van der Waals surface area contributed by atoms with Gasteiger partial charge in [-0.1, -0.05) is 38.5 Å². The van der Waals surface area contributed by atoms with Gasteiger partial charge >= 0.3 is 5.97 Å².